The van der Waals surface area contributed by atoms with Crippen LogP contribution in [0.25, 0.3) is 0 Å². The minimum atomic E-state index is -4.96. The molecule has 83 valence electrons. The molecular formula is C8H18NiO3P. The van der Waals surface area contributed by atoms with Gasteiger partial charge in [0.05, 0.1) is 0 Å². The molecule has 0 aromatic heterocycles. The molecule has 0 aliphatic heterocycles. The van der Waals surface area contributed by atoms with Crippen molar-refractivity contribution in [3.63, 3.8) is 0 Å². The van der Waals surface area contributed by atoms with Gasteiger partial charge in [-0.15, -0.1) is 0 Å². The molecule has 0 fully saturated rings. The van der Waals surface area contributed by atoms with Gasteiger partial charge in [0.2, 0.25) is 0 Å². The molecule has 0 spiro atoms. The zero-order valence-corrected chi connectivity index (χ0v) is 10.1. The van der Waals surface area contributed by atoms with E-state index in [1.54, 1.807) is 0 Å². The topological polar surface area (TPSA) is 69.2 Å². The molecule has 0 bridgehead atoms. The fourth-order valence-electron chi connectivity index (χ4n) is 1.04. The van der Waals surface area contributed by atoms with Gasteiger partial charge in [-0.3, -0.25) is 0 Å². The summed E-state index contributed by atoms with van der Waals surface area (Å²) in [5, 5.41) is 0. The Morgan fingerprint density at radius 3 is 1.38 bits per heavy atom. The van der Waals surface area contributed by atoms with E-state index >= 15 is 0 Å². The standard InChI is InChI=1S/C8H18O3P.Ni/c1-3-5-7-12(9,10,11)8-6-4-2;/h3-8H2,1-2H3;/q-3;+3. The SMILES string of the molecule is CCCCP([O-])([O-])([O-])CCCC.[Ni+3]. The smallest absolute Gasteiger partial charge is 3.00 e. The summed E-state index contributed by atoms with van der Waals surface area (Å²) in [6, 6.07) is 0. The van der Waals surface area contributed by atoms with Crippen LogP contribution in [0.2, 0.25) is 0 Å². The maximum Gasteiger partial charge on any atom is 3.00 e. The van der Waals surface area contributed by atoms with Crippen molar-refractivity contribution < 1.29 is 31.2 Å². The Kier molecular flexibility index (Phi) is 7.89. The average Bonchev–Trinajstić information content (AvgIpc) is 1.97. The van der Waals surface area contributed by atoms with Crippen molar-refractivity contribution in [2.45, 2.75) is 39.5 Å². The maximum atomic E-state index is 11.2. The van der Waals surface area contributed by atoms with Crippen molar-refractivity contribution in [2.24, 2.45) is 0 Å². The fourth-order valence-corrected chi connectivity index (χ4v) is 3.12. The maximum absolute atomic E-state index is 11.2. The predicted octanol–water partition coefficient (Wildman–Crippen LogP) is -0.0367. The van der Waals surface area contributed by atoms with Gasteiger partial charge in [0.1, 0.15) is 0 Å². The van der Waals surface area contributed by atoms with E-state index in [1.165, 1.54) is 0 Å². The molecule has 0 N–H and O–H groups in total. The molecule has 0 saturated heterocycles. The summed E-state index contributed by atoms with van der Waals surface area (Å²) in [5.74, 6) is 0. The molecule has 3 nitrogen and oxygen atoms in total. The molecule has 5 heteroatoms. The first-order chi connectivity index (χ1) is 5.39. The van der Waals surface area contributed by atoms with Crippen LogP contribution in [0.1, 0.15) is 39.5 Å². The Morgan fingerprint density at radius 2 is 1.15 bits per heavy atom. The molecule has 0 aliphatic rings. The number of hydrogen-bond donors (Lipinski definition) is 0. The van der Waals surface area contributed by atoms with Crippen LogP contribution in [0.15, 0.2) is 0 Å². The van der Waals surface area contributed by atoms with Crippen LogP contribution in [-0.4, -0.2) is 12.3 Å². The van der Waals surface area contributed by atoms with Gasteiger partial charge in [-0.2, -0.15) is 0 Å². The van der Waals surface area contributed by atoms with Crippen LogP contribution in [0.5, 0.6) is 0 Å². The Morgan fingerprint density at radius 1 is 0.846 bits per heavy atom. The fraction of sp³-hybridized carbons (Fsp3) is 1.00. The summed E-state index contributed by atoms with van der Waals surface area (Å²) in [5.41, 5.74) is 0. The van der Waals surface area contributed by atoms with Crippen molar-refractivity contribution in [1.82, 2.24) is 0 Å². The molecule has 0 aliphatic carbocycles. The van der Waals surface area contributed by atoms with Crippen LogP contribution in [-0.2, 0) is 16.5 Å². The first-order valence-electron chi connectivity index (χ1n) is 4.59. The van der Waals surface area contributed by atoms with E-state index < -0.39 is 7.28 Å². The third-order valence-electron chi connectivity index (χ3n) is 1.89. The normalized spacial score (nSPS) is 14.4. The van der Waals surface area contributed by atoms with Crippen molar-refractivity contribution >= 4 is 7.28 Å². The van der Waals surface area contributed by atoms with Crippen molar-refractivity contribution in [2.75, 3.05) is 12.3 Å². The van der Waals surface area contributed by atoms with Crippen molar-refractivity contribution in [3.05, 3.63) is 0 Å². The molecule has 0 rings (SSSR count). The molecule has 0 aromatic carbocycles. The summed E-state index contributed by atoms with van der Waals surface area (Å²) in [7, 11) is -4.96. The quantitative estimate of drug-likeness (QED) is 0.492. The minimum Gasteiger partial charge on any atom is 3.00 e. The van der Waals surface area contributed by atoms with Gasteiger partial charge in [-0.05, 0) is 0 Å². The van der Waals surface area contributed by atoms with E-state index in [9.17, 15) is 14.7 Å². The summed E-state index contributed by atoms with van der Waals surface area (Å²) in [6.45, 7) is 3.76. The third kappa shape index (κ3) is 9.12. The van der Waals surface area contributed by atoms with E-state index in [1.807, 2.05) is 13.8 Å². The van der Waals surface area contributed by atoms with E-state index in [0.717, 1.165) is 12.8 Å². The molecule has 13 heavy (non-hydrogen) atoms. The van der Waals surface area contributed by atoms with Crippen LogP contribution >= 0.6 is 7.28 Å². The Balaban J connectivity index is 0. The largest absolute Gasteiger partial charge is 3.00 e. The number of unbranched alkanes of at least 4 members (excludes halogenated alkanes) is 2. The zero-order valence-electron chi connectivity index (χ0n) is 8.23. The molecule has 0 amide bonds. The monoisotopic (exact) mass is 251 g/mol. The predicted molar refractivity (Wildman–Crippen MR) is 46.5 cm³/mol. The molecule has 0 aromatic rings. The van der Waals surface area contributed by atoms with E-state index in [4.69, 9.17) is 0 Å². The minimum absolute atomic E-state index is 0. The van der Waals surface area contributed by atoms with Crippen LogP contribution in [0.4, 0.5) is 0 Å². The van der Waals surface area contributed by atoms with E-state index in [-0.39, 0.29) is 28.8 Å². The van der Waals surface area contributed by atoms with Gasteiger partial charge in [0.25, 0.3) is 0 Å². The molecular weight excluding hydrogens is 234 g/mol. The average molecular weight is 252 g/mol. The van der Waals surface area contributed by atoms with E-state index in [0.29, 0.717) is 12.8 Å². The Hall–Kier alpha value is 0.804. The van der Waals surface area contributed by atoms with Gasteiger partial charge in [0, 0.05) is 0 Å². The first-order valence-corrected chi connectivity index (χ1v) is 6.95. The summed E-state index contributed by atoms with van der Waals surface area (Å²) in [4.78, 5) is 33.6. The van der Waals surface area contributed by atoms with Crippen LogP contribution in [0.3, 0.4) is 0 Å². The van der Waals surface area contributed by atoms with Gasteiger partial charge in [0.15, 0.2) is 0 Å². The molecule has 1 radical (unpaired) electrons. The van der Waals surface area contributed by atoms with Gasteiger partial charge < -0.3 is 0 Å². The van der Waals surface area contributed by atoms with E-state index in [2.05, 4.69) is 0 Å². The zero-order chi connectivity index (χ0) is 9.69. The molecule has 0 unspecified atom stereocenters. The second kappa shape index (κ2) is 6.32. The number of rotatable bonds is 6. The van der Waals surface area contributed by atoms with Gasteiger partial charge in [-0.25, -0.2) is 0 Å². The number of hydrogen-bond acceptors (Lipinski definition) is 3. The first kappa shape index (κ1) is 16.2. The second-order valence-electron chi connectivity index (χ2n) is 3.38. The Labute approximate surface area is 90.7 Å². The van der Waals surface area contributed by atoms with Crippen molar-refractivity contribution in [1.29, 1.82) is 0 Å². The molecule has 0 saturated carbocycles. The van der Waals surface area contributed by atoms with Crippen LogP contribution < -0.4 is 14.7 Å². The summed E-state index contributed by atoms with van der Waals surface area (Å²) < 4.78 is 0. The molecule has 0 heterocycles. The summed E-state index contributed by atoms with van der Waals surface area (Å²) >= 11 is 0. The van der Waals surface area contributed by atoms with Crippen molar-refractivity contribution in [3.8, 4) is 0 Å². The second-order valence-corrected chi connectivity index (χ2v) is 6.71. The van der Waals surface area contributed by atoms with Gasteiger partial charge in [-0.1, -0.05) is 0 Å². The van der Waals surface area contributed by atoms with Crippen LogP contribution in [0, 0.1) is 0 Å². The molecule has 0 atom stereocenters. The Bertz CT molecular complexity index is 121. The van der Waals surface area contributed by atoms with Gasteiger partial charge >= 0.3 is 90.3 Å². The third-order valence-corrected chi connectivity index (χ3v) is 4.25. The summed E-state index contributed by atoms with van der Waals surface area (Å²) in [6.07, 6.45) is 2.19.